The van der Waals surface area contributed by atoms with Crippen LogP contribution in [0.15, 0.2) is 30.3 Å². The van der Waals surface area contributed by atoms with Gasteiger partial charge in [-0.15, -0.1) is 0 Å². The van der Waals surface area contributed by atoms with E-state index in [9.17, 15) is 0 Å². The summed E-state index contributed by atoms with van der Waals surface area (Å²) in [6.45, 7) is 2.60. The lowest BCUT2D eigenvalue weighted by molar-refractivity contribution is 0.181. The third-order valence-corrected chi connectivity index (χ3v) is 2.28. The summed E-state index contributed by atoms with van der Waals surface area (Å²) < 4.78 is 5.07. The Labute approximate surface area is 83.5 Å². The van der Waals surface area contributed by atoms with Crippen molar-refractivity contribution >= 4 is 10.8 Å². The molecule has 0 amide bonds. The fourth-order valence-electron chi connectivity index (χ4n) is 1.66. The van der Waals surface area contributed by atoms with Gasteiger partial charge in [0.25, 0.3) is 0 Å². The molecule has 1 aromatic carbocycles. The Kier molecular flexibility index (Phi) is 2.46. The second kappa shape index (κ2) is 3.76. The van der Waals surface area contributed by atoms with E-state index in [1.165, 1.54) is 10.8 Å². The van der Waals surface area contributed by atoms with Gasteiger partial charge in [0.1, 0.15) is 0 Å². The zero-order chi connectivity index (χ0) is 9.97. The van der Waals surface area contributed by atoms with E-state index in [0.29, 0.717) is 6.61 Å². The van der Waals surface area contributed by atoms with Crippen LogP contribution in [0.5, 0.6) is 0 Å². The molecule has 0 aliphatic heterocycles. The van der Waals surface area contributed by atoms with E-state index in [0.717, 1.165) is 11.4 Å². The highest BCUT2D eigenvalue weighted by molar-refractivity contribution is 5.84. The molecule has 0 saturated carbocycles. The van der Waals surface area contributed by atoms with Gasteiger partial charge >= 0.3 is 0 Å². The highest BCUT2D eigenvalue weighted by Gasteiger charge is 2.00. The fourth-order valence-corrected chi connectivity index (χ4v) is 1.66. The Hall–Kier alpha value is -1.41. The molecule has 0 radical (unpaired) electrons. The van der Waals surface area contributed by atoms with Crippen LogP contribution in [0.3, 0.4) is 0 Å². The highest BCUT2D eigenvalue weighted by atomic mass is 16.5. The van der Waals surface area contributed by atoms with Crippen molar-refractivity contribution in [3.63, 3.8) is 0 Å². The first kappa shape index (κ1) is 9.16. The maximum Gasteiger partial charge on any atom is 0.0884 e. The predicted octanol–water partition coefficient (Wildman–Crippen LogP) is 2.69. The zero-order valence-corrected chi connectivity index (χ0v) is 8.45. The molecule has 0 N–H and O–H groups in total. The molecule has 14 heavy (non-hydrogen) atoms. The van der Waals surface area contributed by atoms with Crippen molar-refractivity contribution < 1.29 is 4.74 Å². The van der Waals surface area contributed by atoms with Crippen molar-refractivity contribution in [2.24, 2.45) is 0 Å². The summed E-state index contributed by atoms with van der Waals surface area (Å²) in [6, 6.07) is 10.3. The van der Waals surface area contributed by atoms with Gasteiger partial charge in [-0.2, -0.15) is 0 Å². The molecule has 72 valence electrons. The smallest absolute Gasteiger partial charge is 0.0884 e. The van der Waals surface area contributed by atoms with Crippen LogP contribution in [-0.4, -0.2) is 12.1 Å². The summed E-state index contributed by atoms with van der Waals surface area (Å²) in [5.41, 5.74) is 2.05. The lowest BCUT2D eigenvalue weighted by atomic mass is 10.1. The summed E-state index contributed by atoms with van der Waals surface area (Å²) in [5, 5.41) is 2.44. The van der Waals surface area contributed by atoms with Crippen molar-refractivity contribution in [1.82, 2.24) is 4.98 Å². The van der Waals surface area contributed by atoms with Crippen LogP contribution in [0.2, 0.25) is 0 Å². The minimum Gasteiger partial charge on any atom is -0.378 e. The summed E-state index contributed by atoms with van der Waals surface area (Å²) in [6.07, 6.45) is 0. The Morgan fingerprint density at radius 3 is 2.86 bits per heavy atom. The van der Waals surface area contributed by atoms with E-state index in [2.05, 4.69) is 23.2 Å². The molecule has 0 saturated heterocycles. The molecule has 0 atom stereocenters. The van der Waals surface area contributed by atoms with Gasteiger partial charge in [0.2, 0.25) is 0 Å². The number of aromatic nitrogens is 1. The number of ether oxygens (including phenoxy) is 1. The van der Waals surface area contributed by atoms with Crippen molar-refractivity contribution in [2.75, 3.05) is 7.11 Å². The summed E-state index contributed by atoms with van der Waals surface area (Å²) in [5.74, 6) is 0. The van der Waals surface area contributed by atoms with E-state index >= 15 is 0 Å². The van der Waals surface area contributed by atoms with Crippen LogP contribution in [-0.2, 0) is 11.3 Å². The molecule has 2 aromatic rings. The first-order valence-electron chi connectivity index (χ1n) is 4.65. The van der Waals surface area contributed by atoms with Crippen LogP contribution in [0.1, 0.15) is 11.4 Å². The Bertz CT molecular complexity index is 451. The summed E-state index contributed by atoms with van der Waals surface area (Å²) >= 11 is 0. The van der Waals surface area contributed by atoms with E-state index in [1.54, 1.807) is 7.11 Å². The molecule has 2 rings (SSSR count). The first-order chi connectivity index (χ1) is 6.81. The molecule has 0 aliphatic carbocycles. The van der Waals surface area contributed by atoms with Crippen LogP contribution in [0, 0.1) is 6.92 Å². The van der Waals surface area contributed by atoms with Gasteiger partial charge in [-0.1, -0.05) is 24.3 Å². The molecule has 2 nitrogen and oxygen atoms in total. The van der Waals surface area contributed by atoms with Crippen LogP contribution >= 0.6 is 0 Å². The average molecular weight is 187 g/mol. The summed E-state index contributed by atoms with van der Waals surface area (Å²) in [4.78, 5) is 4.47. The first-order valence-corrected chi connectivity index (χ1v) is 4.65. The Morgan fingerprint density at radius 2 is 2.07 bits per heavy atom. The molecule has 1 heterocycles. The lowest BCUT2D eigenvalue weighted by Crippen LogP contribution is -1.94. The van der Waals surface area contributed by atoms with Gasteiger partial charge in [-0.3, -0.25) is 4.98 Å². The van der Waals surface area contributed by atoms with Gasteiger partial charge in [0.05, 0.1) is 12.3 Å². The SMILES string of the molecule is COCc1cc2ccccc2c(C)n1. The maximum absolute atomic E-state index is 5.07. The van der Waals surface area contributed by atoms with Crippen molar-refractivity contribution in [3.05, 3.63) is 41.7 Å². The number of nitrogens with zero attached hydrogens (tertiary/aromatic N) is 1. The second-order valence-electron chi connectivity index (χ2n) is 3.35. The zero-order valence-electron chi connectivity index (χ0n) is 8.45. The monoisotopic (exact) mass is 187 g/mol. The van der Waals surface area contributed by atoms with E-state index in [4.69, 9.17) is 4.74 Å². The lowest BCUT2D eigenvalue weighted by Gasteiger charge is -2.05. The Morgan fingerprint density at radius 1 is 1.29 bits per heavy atom. The average Bonchev–Trinajstić information content (AvgIpc) is 2.18. The molecule has 0 bridgehead atoms. The molecule has 0 spiro atoms. The molecule has 1 aromatic heterocycles. The van der Waals surface area contributed by atoms with E-state index in [1.807, 2.05) is 19.1 Å². The van der Waals surface area contributed by atoms with Gasteiger partial charge in [-0.25, -0.2) is 0 Å². The summed E-state index contributed by atoms with van der Waals surface area (Å²) in [7, 11) is 1.69. The van der Waals surface area contributed by atoms with Crippen LogP contribution in [0.4, 0.5) is 0 Å². The predicted molar refractivity (Wildman–Crippen MR) is 57.2 cm³/mol. The third-order valence-electron chi connectivity index (χ3n) is 2.28. The largest absolute Gasteiger partial charge is 0.378 e. The molecule has 0 unspecified atom stereocenters. The van der Waals surface area contributed by atoms with Gasteiger partial charge in [0, 0.05) is 18.2 Å². The standard InChI is InChI=1S/C12H13NO/c1-9-12-6-4-3-5-10(12)7-11(13-9)8-14-2/h3-7H,8H2,1-2H3. The number of pyridine rings is 1. The number of aryl methyl sites for hydroxylation is 1. The molecular formula is C12H13NO. The number of fused-ring (bicyclic) bond motifs is 1. The van der Waals surface area contributed by atoms with E-state index in [-0.39, 0.29) is 0 Å². The molecule has 0 aliphatic rings. The maximum atomic E-state index is 5.07. The van der Waals surface area contributed by atoms with Crippen molar-refractivity contribution in [2.45, 2.75) is 13.5 Å². The van der Waals surface area contributed by atoms with Crippen LogP contribution < -0.4 is 0 Å². The molecule has 2 heteroatoms. The number of rotatable bonds is 2. The number of hydrogen-bond acceptors (Lipinski definition) is 2. The van der Waals surface area contributed by atoms with Crippen LogP contribution in [0.25, 0.3) is 10.8 Å². The fraction of sp³-hybridized carbons (Fsp3) is 0.250. The van der Waals surface area contributed by atoms with Gasteiger partial charge in [-0.05, 0) is 18.4 Å². The second-order valence-corrected chi connectivity index (χ2v) is 3.35. The van der Waals surface area contributed by atoms with Gasteiger partial charge < -0.3 is 4.74 Å². The topological polar surface area (TPSA) is 22.1 Å². The molecule has 0 fully saturated rings. The van der Waals surface area contributed by atoms with Crippen molar-refractivity contribution in [3.8, 4) is 0 Å². The number of benzene rings is 1. The minimum atomic E-state index is 0.575. The van der Waals surface area contributed by atoms with E-state index < -0.39 is 0 Å². The Balaban J connectivity index is 2.60. The normalized spacial score (nSPS) is 10.7. The van der Waals surface area contributed by atoms with Gasteiger partial charge in [0.15, 0.2) is 0 Å². The quantitative estimate of drug-likeness (QED) is 0.721. The third kappa shape index (κ3) is 1.61. The molecular weight excluding hydrogens is 174 g/mol. The number of methoxy groups -OCH3 is 1. The highest BCUT2D eigenvalue weighted by Crippen LogP contribution is 2.17. The van der Waals surface area contributed by atoms with Crippen molar-refractivity contribution in [1.29, 1.82) is 0 Å². The number of hydrogen-bond donors (Lipinski definition) is 0. The minimum absolute atomic E-state index is 0.575.